The Morgan fingerprint density at radius 1 is 0.378 bits per heavy atom. The lowest BCUT2D eigenvalue weighted by molar-refractivity contribution is -0.288. The van der Waals surface area contributed by atoms with Crippen molar-refractivity contribution in [3.8, 4) is 34.5 Å². The molecule has 0 aromatic heterocycles. The molecule has 0 spiro atoms. The van der Waals surface area contributed by atoms with Gasteiger partial charge in [0.25, 0.3) is 0 Å². The van der Waals surface area contributed by atoms with Gasteiger partial charge < -0.3 is 19.7 Å². The van der Waals surface area contributed by atoms with Crippen molar-refractivity contribution in [2.75, 3.05) is 0 Å². The standard InChI is InChI=1S/C35H22F6O4/c36-34(37,38)33(35(39,40)41,25-5-13-29(14-6-25)44-31-11-3-21-17-27(42)9-1-23(21)19-31)26-7-15-30(16-8-26)45-32-12-4-22-18-28(43)10-2-24(22)20-32/h1-20,42-43H. The van der Waals surface area contributed by atoms with Gasteiger partial charge in [0.05, 0.1) is 0 Å². The highest BCUT2D eigenvalue weighted by atomic mass is 19.4. The lowest BCUT2D eigenvalue weighted by atomic mass is 9.73. The molecule has 6 aromatic rings. The molecular formula is C35H22F6O4. The molecule has 0 aliphatic carbocycles. The van der Waals surface area contributed by atoms with E-state index >= 15 is 0 Å². The van der Waals surface area contributed by atoms with E-state index < -0.39 is 28.9 Å². The van der Waals surface area contributed by atoms with Gasteiger partial charge in [-0.25, -0.2) is 0 Å². The fourth-order valence-electron chi connectivity index (χ4n) is 5.35. The number of aromatic hydroxyl groups is 2. The molecule has 0 saturated heterocycles. The van der Waals surface area contributed by atoms with Crippen molar-refractivity contribution in [1.82, 2.24) is 0 Å². The van der Waals surface area contributed by atoms with Crippen molar-refractivity contribution < 1.29 is 46.0 Å². The maximum atomic E-state index is 14.7. The number of fused-ring (bicyclic) bond motifs is 2. The van der Waals surface area contributed by atoms with Crippen LogP contribution in [0.1, 0.15) is 11.1 Å². The van der Waals surface area contributed by atoms with Crippen molar-refractivity contribution in [1.29, 1.82) is 0 Å². The van der Waals surface area contributed by atoms with E-state index in [1.165, 1.54) is 24.3 Å². The topological polar surface area (TPSA) is 58.9 Å². The van der Waals surface area contributed by atoms with Crippen molar-refractivity contribution in [3.63, 3.8) is 0 Å². The Bertz CT molecular complexity index is 1850. The van der Waals surface area contributed by atoms with Gasteiger partial charge >= 0.3 is 12.4 Å². The Morgan fingerprint density at radius 3 is 1.04 bits per heavy atom. The average Bonchev–Trinajstić information content (AvgIpc) is 2.98. The zero-order valence-electron chi connectivity index (χ0n) is 23.0. The first-order valence-corrected chi connectivity index (χ1v) is 13.5. The van der Waals surface area contributed by atoms with Gasteiger partial charge in [-0.15, -0.1) is 0 Å². The van der Waals surface area contributed by atoms with Crippen LogP contribution in [0.2, 0.25) is 0 Å². The summed E-state index contributed by atoms with van der Waals surface area (Å²) < 4.78 is 99.5. The van der Waals surface area contributed by atoms with Crippen LogP contribution < -0.4 is 9.47 Å². The molecule has 45 heavy (non-hydrogen) atoms. The van der Waals surface area contributed by atoms with Crippen LogP contribution >= 0.6 is 0 Å². The number of rotatable bonds is 6. The minimum absolute atomic E-state index is 0.0319. The quantitative estimate of drug-likeness (QED) is 0.182. The molecule has 0 aliphatic heterocycles. The van der Waals surface area contributed by atoms with Crippen LogP contribution in [0.5, 0.6) is 34.5 Å². The number of phenols is 2. The van der Waals surface area contributed by atoms with Crippen LogP contribution in [-0.2, 0) is 5.41 Å². The summed E-state index contributed by atoms with van der Waals surface area (Å²) in [6.07, 6.45) is -11.5. The molecule has 6 aromatic carbocycles. The Morgan fingerprint density at radius 2 is 0.689 bits per heavy atom. The highest BCUT2D eigenvalue weighted by molar-refractivity contribution is 5.86. The number of hydrogen-bond donors (Lipinski definition) is 2. The molecule has 0 amide bonds. The molecule has 2 N–H and O–H groups in total. The number of ether oxygens (including phenoxy) is 2. The maximum absolute atomic E-state index is 14.7. The van der Waals surface area contributed by atoms with E-state index in [0.29, 0.717) is 33.0 Å². The Labute approximate surface area is 252 Å². The Balaban J connectivity index is 1.31. The SMILES string of the molecule is Oc1ccc2cc(Oc3ccc(C(c4ccc(Oc5ccc6cc(O)ccc6c5)cc4)(C(F)(F)F)C(F)(F)F)cc3)ccc2c1. The summed E-state index contributed by atoms with van der Waals surface area (Å²) >= 11 is 0. The van der Waals surface area contributed by atoms with E-state index in [0.717, 1.165) is 48.5 Å². The van der Waals surface area contributed by atoms with E-state index in [9.17, 15) is 36.6 Å². The van der Waals surface area contributed by atoms with Crippen LogP contribution in [0.25, 0.3) is 21.5 Å². The summed E-state index contributed by atoms with van der Waals surface area (Å²) in [5.74, 6) is 0.811. The molecule has 6 rings (SSSR count). The fraction of sp³-hybridized carbons (Fsp3) is 0.0857. The third-order valence-electron chi connectivity index (χ3n) is 7.49. The zero-order chi connectivity index (χ0) is 32.0. The van der Waals surface area contributed by atoms with E-state index in [1.807, 2.05) is 0 Å². The monoisotopic (exact) mass is 620 g/mol. The molecule has 0 atom stereocenters. The molecular weight excluding hydrogens is 598 g/mol. The van der Waals surface area contributed by atoms with Crippen molar-refractivity contribution in [2.24, 2.45) is 0 Å². The minimum Gasteiger partial charge on any atom is -0.508 e. The third-order valence-corrected chi connectivity index (χ3v) is 7.49. The minimum atomic E-state index is -5.76. The van der Waals surface area contributed by atoms with Crippen LogP contribution in [0.15, 0.2) is 121 Å². The van der Waals surface area contributed by atoms with Gasteiger partial charge in [0.2, 0.25) is 5.41 Å². The molecule has 0 aliphatic rings. The fourth-order valence-corrected chi connectivity index (χ4v) is 5.35. The first kappa shape index (κ1) is 29.7. The summed E-state index contributed by atoms with van der Waals surface area (Å²) in [5, 5.41) is 22.1. The number of halogens is 6. The van der Waals surface area contributed by atoms with Gasteiger partial charge in [0, 0.05) is 0 Å². The first-order valence-electron chi connectivity index (χ1n) is 13.5. The molecule has 10 heteroatoms. The lowest BCUT2D eigenvalue weighted by Gasteiger charge is -2.38. The highest BCUT2D eigenvalue weighted by Crippen LogP contribution is 2.56. The van der Waals surface area contributed by atoms with Crippen molar-refractivity contribution in [2.45, 2.75) is 17.8 Å². The van der Waals surface area contributed by atoms with Crippen molar-refractivity contribution in [3.05, 3.63) is 132 Å². The summed E-state index contributed by atoms with van der Waals surface area (Å²) in [4.78, 5) is 0. The largest absolute Gasteiger partial charge is 0.508 e. The summed E-state index contributed by atoms with van der Waals surface area (Å²) in [7, 11) is 0. The first-order chi connectivity index (χ1) is 21.3. The molecule has 0 unspecified atom stereocenters. The lowest BCUT2D eigenvalue weighted by Crippen LogP contribution is -2.54. The molecule has 0 saturated carbocycles. The van der Waals surface area contributed by atoms with Gasteiger partial charge in [-0.05, 0) is 105 Å². The van der Waals surface area contributed by atoms with E-state index in [4.69, 9.17) is 9.47 Å². The number of alkyl halides is 6. The van der Waals surface area contributed by atoms with Crippen LogP contribution in [0.3, 0.4) is 0 Å². The highest BCUT2D eigenvalue weighted by Gasteiger charge is 2.72. The van der Waals surface area contributed by atoms with Crippen LogP contribution in [0.4, 0.5) is 26.3 Å². The molecule has 0 bridgehead atoms. The van der Waals surface area contributed by atoms with E-state index in [2.05, 4.69) is 0 Å². The summed E-state index contributed by atoms with van der Waals surface area (Å²) in [5.41, 5.74) is -6.40. The molecule has 0 heterocycles. The van der Waals surface area contributed by atoms with Crippen LogP contribution in [-0.4, -0.2) is 22.6 Å². The normalized spacial score (nSPS) is 12.4. The van der Waals surface area contributed by atoms with Gasteiger partial charge in [0.1, 0.15) is 34.5 Å². The Hall–Kier alpha value is -5.38. The Kier molecular flexibility index (Phi) is 7.23. The van der Waals surface area contributed by atoms with Gasteiger partial charge in [-0.3, -0.25) is 0 Å². The predicted molar refractivity (Wildman–Crippen MR) is 157 cm³/mol. The van der Waals surface area contributed by atoms with E-state index in [-0.39, 0.29) is 23.0 Å². The van der Waals surface area contributed by atoms with Gasteiger partial charge in [-0.1, -0.05) is 48.5 Å². The third kappa shape index (κ3) is 5.55. The second-order valence-electron chi connectivity index (χ2n) is 10.4. The summed E-state index contributed by atoms with van der Waals surface area (Å²) in [6.45, 7) is 0. The summed E-state index contributed by atoms with van der Waals surface area (Å²) in [6, 6.07) is 26.3. The second kappa shape index (κ2) is 11.0. The zero-order valence-corrected chi connectivity index (χ0v) is 23.0. The number of benzene rings is 6. The smallest absolute Gasteiger partial charge is 0.411 e. The van der Waals surface area contributed by atoms with Crippen molar-refractivity contribution >= 4 is 21.5 Å². The van der Waals surface area contributed by atoms with Gasteiger partial charge in [0.15, 0.2) is 0 Å². The predicted octanol–water partition coefficient (Wildman–Crippen LogP) is 10.4. The molecule has 4 nitrogen and oxygen atoms in total. The average molecular weight is 621 g/mol. The maximum Gasteiger partial charge on any atom is 0.411 e. The van der Waals surface area contributed by atoms with Crippen LogP contribution in [0, 0.1) is 0 Å². The van der Waals surface area contributed by atoms with E-state index in [1.54, 1.807) is 48.5 Å². The second-order valence-corrected chi connectivity index (χ2v) is 10.4. The van der Waals surface area contributed by atoms with Gasteiger partial charge in [-0.2, -0.15) is 26.3 Å². The molecule has 0 fully saturated rings. The number of hydrogen-bond acceptors (Lipinski definition) is 4. The number of phenolic OH excluding ortho intramolecular Hbond substituents is 2. The molecule has 0 radical (unpaired) electrons. The molecule has 228 valence electrons.